The van der Waals surface area contributed by atoms with Gasteiger partial charge in [-0.3, -0.25) is 14.5 Å². The molecule has 0 aromatic carbocycles. The molecule has 1 aliphatic heterocycles. The quantitative estimate of drug-likeness (QED) is 0.572. The van der Waals surface area contributed by atoms with Crippen molar-refractivity contribution in [3.05, 3.63) is 0 Å². The molecule has 1 rings (SSSR count). The number of morpholine rings is 1. The lowest BCUT2D eigenvalue weighted by Gasteiger charge is -2.26. The standard InChI is InChI=1S/C8H14N2O3/c1-6(2-9)3-10-7(11)4-13-5-8(10)12/h6H,2-5,9H2,1H3. The lowest BCUT2D eigenvalue weighted by molar-refractivity contribution is -0.159. The van der Waals surface area contributed by atoms with Gasteiger partial charge >= 0.3 is 0 Å². The van der Waals surface area contributed by atoms with Crippen molar-refractivity contribution in [3.63, 3.8) is 0 Å². The van der Waals surface area contributed by atoms with Crippen molar-refractivity contribution in [2.75, 3.05) is 26.3 Å². The van der Waals surface area contributed by atoms with Crippen LogP contribution in [0.15, 0.2) is 0 Å². The Hall–Kier alpha value is -0.940. The number of ether oxygens (including phenoxy) is 1. The summed E-state index contributed by atoms with van der Waals surface area (Å²) in [6.07, 6.45) is 0. The lowest BCUT2D eigenvalue weighted by atomic mass is 10.1. The Kier molecular flexibility index (Phi) is 3.39. The minimum absolute atomic E-state index is 0.00301. The van der Waals surface area contributed by atoms with Crippen LogP contribution in [0.5, 0.6) is 0 Å². The van der Waals surface area contributed by atoms with Crippen molar-refractivity contribution in [1.29, 1.82) is 0 Å². The van der Waals surface area contributed by atoms with Gasteiger partial charge in [-0.25, -0.2) is 0 Å². The van der Waals surface area contributed by atoms with E-state index in [1.807, 2.05) is 6.92 Å². The Morgan fingerprint density at radius 2 is 2.00 bits per heavy atom. The third-order valence-corrected chi connectivity index (χ3v) is 1.95. The first kappa shape index (κ1) is 10.1. The van der Waals surface area contributed by atoms with E-state index in [1.165, 1.54) is 4.90 Å². The summed E-state index contributed by atoms with van der Waals surface area (Å²) in [6.45, 7) is 2.78. The summed E-state index contributed by atoms with van der Waals surface area (Å²) in [7, 11) is 0. The number of amides is 2. The fourth-order valence-electron chi connectivity index (χ4n) is 1.11. The maximum Gasteiger partial charge on any atom is 0.255 e. The SMILES string of the molecule is CC(CN)CN1C(=O)COCC1=O. The molecular weight excluding hydrogens is 172 g/mol. The number of nitrogens with two attached hydrogens (primary N) is 1. The van der Waals surface area contributed by atoms with E-state index in [0.29, 0.717) is 13.1 Å². The Bertz CT molecular complexity index is 201. The molecule has 2 amide bonds. The summed E-state index contributed by atoms with van der Waals surface area (Å²) < 4.78 is 4.77. The summed E-state index contributed by atoms with van der Waals surface area (Å²) in [5, 5.41) is 0. The number of rotatable bonds is 3. The van der Waals surface area contributed by atoms with Gasteiger partial charge in [0.25, 0.3) is 11.8 Å². The van der Waals surface area contributed by atoms with Crippen molar-refractivity contribution >= 4 is 11.8 Å². The van der Waals surface area contributed by atoms with Crippen molar-refractivity contribution in [2.24, 2.45) is 11.7 Å². The van der Waals surface area contributed by atoms with E-state index < -0.39 is 0 Å². The second-order valence-corrected chi connectivity index (χ2v) is 3.23. The van der Waals surface area contributed by atoms with Gasteiger partial charge in [0.15, 0.2) is 0 Å². The van der Waals surface area contributed by atoms with Gasteiger partial charge in [-0.05, 0) is 12.5 Å². The topological polar surface area (TPSA) is 72.6 Å². The molecule has 1 atom stereocenters. The first-order chi connectivity index (χ1) is 6.15. The van der Waals surface area contributed by atoms with Gasteiger partial charge in [0.05, 0.1) is 0 Å². The smallest absolute Gasteiger partial charge is 0.255 e. The van der Waals surface area contributed by atoms with Crippen LogP contribution in [0.3, 0.4) is 0 Å². The third-order valence-electron chi connectivity index (χ3n) is 1.95. The molecule has 2 N–H and O–H groups in total. The molecule has 74 valence electrons. The van der Waals surface area contributed by atoms with Crippen LogP contribution >= 0.6 is 0 Å². The highest BCUT2D eigenvalue weighted by atomic mass is 16.5. The van der Waals surface area contributed by atoms with Crippen molar-refractivity contribution in [1.82, 2.24) is 4.90 Å². The number of hydrogen-bond acceptors (Lipinski definition) is 4. The molecular formula is C8H14N2O3. The predicted octanol–water partition coefficient (Wildman–Crippen LogP) is -1.03. The second-order valence-electron chi connectivity index (χ2n) is 3.23. The Balaban J connectivity index is 2.54. The predicted molar refractivity (Wildman–Crippen MR) is 45.8 cm³/mol. The Morgan fingerprint density at radius 3 is 2.46 bits per heavy atom. The summed E-state index contributed by atoms with van der Waals surface area (Å²) >= 11 is 0. The maximum absolute atomic E-state index is 11.2. The van der Waals surface area contributed by atoms with Gasteiger partial charge < -0.3 is 10.5 Å². The summed E-state index contributed by atoms with van der Waals surface area (Å²) in [6, 6.07) is 0. The normalized spacial score (nSPS) is 20.6. The fourth-order valence-corrected chi connectivity index (χ4v) is 1.11. The minimum Gasteiger partial charge on any atom is -0.362 e. The molecule has 5 heteroatoms. The van der Waals surface area contributed by atoms with Gasteiger partial charge in [0.1, 0.15) is 13.2 Å². The number of imide groups is 1. The zero-order valence-corrected chi connectivity index (χ0v) is 7.66. The van der Waals surface area contributed by atoms with Gasteiger partial charge in [0, 0.05) is 6.54 Å². The number of nitrogens with zero attached hydrogens (tertiary/aromatic N) is 1. The molecule has 0 aliphatic carbocycles. The highest BCUT2D eigenvalue weighted by molar-refractivity contribution is 5.98. The molecule has 0 bridgehead atoms. The zero-order chi connectivity index (χ0) is 9.84. The Labute approximate surface area is 76.8 Å². The third kappa shape index (κ3) is 2.50. The number of carbonyl (C=O) groups is 2. The highest BCUT2D eigenvalue weighted by Crippen LogP contribution is 2.04. The fraction of sp³-hybridized carbons (Fsp3) is 0.750. The van der Waals surface area contributed by atoms with E-state index in [0.717, 1.165) is 0 Å². The number of hydrogen-bond donors (Lipinski definition) is 1. The molecule has 1 saturated heterocycles. The molecule has 0 radical (unpaired) electrons. The lowest BCUT2D eigenvalue weighted by Crippen LogP contribution is -2.48. The van der Waals surface area contributed by atoms with Crippen molar-refractivity contribution in [3.8, 4) is 0 Å². The molecule has 1 heterocycles. The molecule has 1 aliphatic rings. The van der Waals surface area contributed by atoms with Crippen LogP contribution in [-0.4, -0.2) is 43.0 Å². The average Bonchev–Trinajstić information content (AvgIpc) is 2.11. The molecule has 5 nitrogen and oxygen atoms in total. The monoisotopic (exact) mass is 186 g/mol. The van der Waals surface area contributed by atoms with E-state index in [4.69, 9.17) is 10.5 Å². The second kappa shape index (κ2) is 4.34. The van der Waals surface area contributed by atoms with Gasteiger partial charge in [-0.1, -0.05) is 6.92 Å². The number of carbonyl (C=O) groups excluding carboxylic acids is 2. The molecule has 0 aromatic heterocycles. The molecule has 0 aromatic rings. The first-order valence-electron chi connectivity index (χ1n) is 4.26. The van der Waals surface area contributed by atoms with E-state index >= 15 is 0 Å². The van der Waals surface area contributed by atoms with Crippen LogP contribution in [0.4, 0.5) is 0 Å². The largest absolute Gasteiger partial charge is 0.362 e. The summed E-state index contributed by atoms with van der Waals surface area (Å²) in [4.78, 5) is 23.6. The highest BCUT2D eigenvalue weighted by Gasteiger charge is 2.27. The first-order valence-corrected chi connectivity index (χ1v) is 4.26. The molecule has 1 unspecified atom stereocenters. The van der Waals surface area contributed by atoms with Gasteiger partial charge in [-0.2, -0.15) is 0 Å². The molecule has 13 heavy (non-hydrogen) atoms. The molecule has 0 saturated carbocycles. The maximum atomic E-state index is 11.2. The van der Waals surface area contributed by atoms with Gasteiger partial charge in [0.2, 0.25) is 0 Å². The Morgan fingerprint density at radius 1 is 1.46 bits per heavy atom. The van der Waals surface area contributed by atoms with E-state index in [9.17, 15) is 9.59 Å². The van der Waals surface area contributed by atoms with Crippen LogP contribution in [0.1, 0.15) is 6.92 Å². The van der Waals surface area contributed by atoms with Crippen molar-refractivity contribution < 1.29 is 14.3 Å². The average molecular weight is 186 g/mol. The summed E-state index contributed by atoms with van der Waals surface area (Å²) in [5.41, 5.74) is 5.40. The van der Waals surface area contributed by atoms with Crippen LogP contribution < -0.4 is 5.73 Å². The summed E-state index contributed by atoms with van der Waals surface area (Å²) in [5.74, 6) is -0.390. The van der Waals surface area contributed by atoms with E-state index in [2.05, 4.69) is 0 Å². The molecule has 0 spiro atoms. The van der Waals surface area contributed by atoms with Crippen molar-refractivity contribution in [2.45, 2.75) is 6.92 Å². The van der Waals surface area contributed by atoms with Crippen LogP contribution in [0, 0.1) is 5.92 Å². The zero-order valence-electron chi connectivity index (χ0n) is 7.66. The van der Waals surface area contributed by atoms with Crippen LogP contribution in [-0.2, 0) is 14.3 Å². The van der Waals surface area contributed by atoms with Crippen LogP contribution in [0.25, 0.3) is 0 Å². The minimum atomic E-state index is -0.267. The van der Waals surface area contributed by atoms with Crippen LogP contribution in [0.2, 0.25) is 0 Å². The molecule has 1 fully saturated rings. The van der Waals surface area contributed by atoms with Gasteiger partial charge in [-0.15, -0.1) is 0 Å². The van der Waals surface area contributed by atoms with E-state index in [1.54, 1.807) is 0 Å². The van der Waals surface area contributed by atoms with E-state index in [-0.39, 0.29) is 30.9 Å².